The van der Waals surface area contributed by atoms with Crippen LogP contribution in [0, 0.1) is 11.3 Å². The van der Waals surface area contributed by atoms with Crippen LogP contribution in [0.15, 0.2) is 53.4 Å². The van der Waals surface area contributed by atoms with Gasteiger partial charge in [-0.2, -0.15) is 5.26 Å². The molecular formula is C19H21N3O4S. The molecule has 0 unspecified atom stereocenters. The summed E-state index contributed by atoms with van der Waals surface area (Å²) in [5.41, 5.74) is 0.959. The zero-order valence-electron chi connectivity index (χ0n) is 15.3. The lowest BCUT2D eigenvalue weighted by Crippen LogP contribution is -2.31. The standard InChI is InChI=1S/C19H21N3O4S/c1-13(2)22-27(24,25)18-10-6-16(7-11-18)21-19(23)14(3)26-17-8-4-15(12-20)5-9-17/h4-11,13-14,22H,1-3H3,(H,21,23)/t14-/m1/s1. The lowest BCUT2D eigenvalue weighted by Gasteiger charge is -2.15. The molecule has 2 N–H and O–H groups in total. The minimum Gasteiger partial charge on any atom is -0.481 e. The number of carbonyl (C=O) groups excluding carboxylic acids is 1. The second-order valence-electron chi connectivity index (χ2n) is 6.19. The maximum absolute atomic E-state index is 12.2. The number of benzene rings is 2. The van der Waals surface area contributed by atoms with Gasteiger partial charge in [0.25, 0.3) is 5.91 Å². The number of hydrogen-bond acceptors (Lipinski definition) is 5. The van der Waals surface area contributed by atoms with Crippen molar-refractivity contribution in [3.63, 3.8) is 0 Å². The zero-order valence-corrected chi connectivity index (χ0v) is 16.1. The van der Waals surface area contributed by atoms with Gasteiger partial charge in [-0.15, -0.1) is 0 Å². The van der Waals surface area contributed by atoms with E-state index < -0.39 is 16.1 Å². The van der Waals surface area contributed by atoms with Gasteiger partial charge in [-0.1, -0.05) is 0 Å². The first-order valence-corrected chi connectivity index (χ1v) is 9.79. The van der Waals surface area contributed by atoms with Crippen LogP contribution in [0.5, 0.6) is 5.75 Å². The molecule has 0 spiro atoms. The molecule has 0 aliphatic heterocycles. The summed E-state index contributed by atoms with van der Waals surface area (Å²) in [7, 11) is -3.58. The third kappa shape index (κ3) is 5.81. The first kappa shape index (κ1) is 20.4. The van der Waals surface area contributed by atoms with Gasteiger partial charge in [0, 0.05) is 11.7 Å². The van der Waals surface area contributed by atoms with E-state index in [1.807, 2.05) is 6.07 Å². The molecule has 0 saturated heterocycles. The minimum atomic E-state index is -3.58. The van der Waals surface area contributed by atoms with Gasteiger partial charge in [0.15, 0.2) is 6.10 Å². The molecule has 0 aliphatic carbocycles. The molecule has 0 fully saturated rings. The molecule has 0 saturated carbocycles. The third-order valence-corrected chi connectivity index (χ3v) is 5.16. The number of ether oxygens (including phenoxy) is 1. The van der Waals surface area contributed by atoms with E-state index in [4.69, 9.17) is 10.00 Å². The molecule has 0 radical (unpaired) electrons. The lowest BCUT2D eigenvalue weighted by atomic mass is 10.2. The molecule has 0 aliphatic rings. The molecule has 1 atom stereocenters. The second kappa shape index (κ2) is 8.66. The van der Waals surface area contributed by atoms with Gasteiger partial charge in [0.1, 0.15) is 5.75 Å². The van der Waals surface area contributed by atoms with Crippen LogP contribution in [0.2, 0.25) is 0 Å². The Morgan fingerprint density at radius 2 is 1.63 bits per heavy atom. The molecule has 27 heavy (non-hydrogen) atoms. The Hall–Kier alpha value is -2.89. The summed E-state index contributed by atoms with van der Waals surface area (Å²) in [6.45, 7) is 5.07. The van der Waals surface area contributed by atoms with Crippen molar-refractivity contribution in [1.29, 1.82) is 5.26 Å². The van der Waals surface area contributed by atoms with Crippen molar-refractivity contribution < 1.29 is 17.9 Å². The van der Waals surface area contributed by atoms with E-state index in [0.717, 1.165) is 0 Å². The monoisotopic (exact) mass is 387 g/mol. The predicted octanol–water partition coefficient (Wildman–Crippen LogP) is 2.65. The number of rotatable bonds is 7. The van der Waals surface area contributed by atoms with Crippen LogP contribution in [0.3, 0.4) is 0 Å². The first-order valence-electron chi connectivity index (χ1n) is 8.31. The average Bonchev–Trinajstić information content (AvgIpc) is 2.61. The quantitative estimate of drug-likeness (QED) is 0.759. The molecule has 1 amide bonds. The smallest absolute Gasteiger partial charge is 0.265 e. The maximum atomic E-state index is 12.2. The van der Waals surface area contributed by atoms with E-state index in [-0.39, 0.29) is 16.8 Å². The maximum Gasteiger partial charge on any atom is 0.265 e. The molecule has 0 bridgehead atoms. The van der Waals surface area contributed by atoms with E-state index in [0.29, 0.717) is 17.0 Å². The molecule has 142 valence electrons. The van der Waals surface area contributed by atoms with E-state index in [9.17, 15) is 13.2 Å². The van der Waals surface area contributed by atoms with Crippen LogP contribution in [0.4, 0.5) is 5.69 Å². The molecular weight excluding hydrogens is 366 g/mol. The van der Waals surface area contributed by atoms with Crippen molar-refractivity contribution >= 4 is 21.6 Å². The van der Waals surface area contributed by atoms with Crippen LogP contribution in [-0.4, -0.2) is 26.5 Å². The first-order chi connectivity index (χ1) is 12.7. The fourth-order valence-corrected chi connectivity index (χ4v) is 3.46. The fraction of sp³-hybridized carbons (Fsp3) is 0.263. The van der Waals surface area contributed by atoms with Gasteiger partial charge in [0.2, 0.25) is 10.0 Å². The van der Waals surface area contributed by atoms with E-state index in [1.165, 1.54) is 24.3 Å². The van der Waals surface area contributed by atoms with Crippen LogP contribution >= 0.6 is 0 Å². The summed E-state index contributed by atoms with van der Waals surface area (Å²) in [6, 6.07) is 14.1. The van der Waals surface area contributed by atoms with Crippen LogP contribution < -0.4 is 14.8 Å². The summed E-state index contributed by atoms with van der Waals surface area (Å²) < 4.78 is 32.2. The molecule has 7 nitrogen and oxygen atoms in total. The zero-order chi connectivity index (χ0) is 20.0. The molecule has 0 heterocycles. The fourth-order valence-electron chi connectivity index (χ4n) is 2.21. The number of hydrogen-bond donors (Lipinski definition) is 2. The highest BCUT2D eigenvalue weighted by atomic mass is 32.2. The Balaban J connectivity index is 1.99. The summed E-state index contributed by atoms with van der Waals surface area (Å²) in [5, 5.41) is 11.5. The molecule has 2 aromatic carbocycles. The van der Waals surface area contributed by atoms with Crippen LogP contribution in [-0.2, 0) is 14.8 Å². The van der Waals surface area contributed by atoms with Crippen molar-refractivity contribution in [2.75, 3.05) is 5.32 Å². The molecule has 2 rings (SSSR count). The second-order valence-corrected chi connectivity index (χ2v) is 7.90. The van der Waals surface area contributed by atoms with Crippen molar-refractivity contribution in [3.05, 3.63) is 54.1 Å². The Morgan fingerprint density at radius 3 is 2.15 bits per heavy atom. The summed E-state index contributed by atoms with van der Waals surface area (Å²) in [4.78, 5) is 12.4. The summed E-state index contributed by atoms with van der Waals surface area (Å²) in [5.74, 6) is 0.0909. The highest BCUT2D eigenvalue weighted by Crippen LogP contribution is 2.17. The Morgan fingerprint density at radius 1 is 1.04 bits per heavy atom. The number of sulfonamides is 1. The third-order valence-electron chi connectivity index (χ3n) is 3.49. The Bertz CT molecular complexity index is 930. The van der Waals surface area contributed by atoms with Crippen molar-refractivity contribution in [1.82, 2.24) is 4.72 Å². The van der Waals surface area contributed by atoms with E-state index >= 15 is 0 Å². The number of nitriles is 1. The Labute approximate surface area is 159 Å². The van der Waals surface area contributed by atoms with Crippen LogP contribution in [0.1, 0.15) is 26.3 Å². The van der Waals surface area contributed by atoms with Crippen molar-refractivity contribution in [2.45, 2.75) is 37.8 Å². The number of nitrogens with zero attached hydrogens (tertiary/aromatic N) is 1. The summed E-state index contributed by atoms with van der Waals surface area (Å²) in [6.07, 6.45) is -0.774. The summed E-state index contributed by atoms with van der Waals surface area (Å²) >= 11 is 0. The van der Waals surface area contributed by atoms with Crippen molar-refractivity contribution in [2.24, 2.45) is 0 Å². The molecule has 0 aromatic heterocycles. The lowest BCUT2D eigenvalue weighted by molar-refractivity contribution is -0.122. The van der Waals surface area contributed by atoms with Gasteiger partial charge in [0.05, 0.1) is 16.5 Å². The van der Waals surface area contributed by atoms with E-state index in [1.54, 1.807) is 45.0 Å². The number of carbonyl (C=O) groups is 1. The molecule has 8 heteroatoms. The molecule has 2 aromatic rings. The van der Waals surface area contributed by atoms with Crippen LogP contribution in [0.25, 0.3) is 0 Å². The van der Waals surface area contributed by atoms with Gasteiger partial charge in [-0.3, -0.25) is 4.79 Å². The number of amides is 1. The van der Waals surface area contributed by atoms with Crippen molar-refractivity contribution in [3.8, 4) is 11.8 Å². The highest BCUT2D eigenvalue weighted by Gasteiger charge is 2.17. The largest absolute Gasteiger partial charge is 0.481 e. The minimum absolute atomic E-state index is 0.121. The van der Waals surface area contributed by atoms with Gasteiger partial charge < -0.3 is 10.1 Å². The van der Waals surface area contributed by atoms with Gasteiger partial charge >= 0.3 is 0 Å². The SMILES string of the molecule is CC(C)NS(=O)(=O)c1ccc(NC(=O)[C@@H](C)Oc2ccc(C#N)cc2)cc1. The highest BCUT2D eigenvalue weighted by molar-refractivity contribution is 7.89. The normalized spacial score (nSPS) is 12.3. The Kier molecular flexibility index (Phi) is 6.55. The number of nitrogens with one attached hydrogen (secondary N) is 2. The average molecular weight is 387 g/mol. The van der Waals surface area contributed by atoms with Gasteiger partial charge in [-0.25, -0.2) is 13.1 Å². The van der Waals surface area contributed by atoms with Gasteiger partial charge in [-0.05, 0) is 69.3 Å². The number of anilines is 1. The topological polar surface area (TPSA) is 108 Å². The van der Waals surface area contributed by atoms with E-state index in [2.05, 4.69) is 10.0 Å². The predicted molar refractivity (Wildman–Crippen MR) is 102 cm³/mol.